The van der Waals surface area contributed by atoms with Gasteiger partial charge in [-0.3, -0.25) is 4.79 Å². The molecule has 0 radical (unpaired) electrons. The van der Waals surface area contributed by atoms with Crippen molar-refractivity contribution in [2.45, 2.75) is 20.0 Å². The van der Waals surface area contributed by atoms with E-state index in [0.29, 0.717) is 11.3 Å². The average Bonchev–Trinajstić information content (AvgIpc) is 2.50. The van der Waals surface area contributed by atoms with E-state index in [1.807, 2.05) is 25.1 Å². The van der Waals surface area contributed by atoms with Crippen molar-refractivity contribution in [2.24, 2.45) is 0 Å². The Morgan fingerprint density at radius 3 is 2.29 bits per heavy atom. The second-order valence-electron chi connectivity index (χ2n) is 4.76. The third-order valence-corrected chi connectivity index (χ3v) is 4.08. The number of carbonyl (C=O) groups is 1. The highest BCUT2D eigenvalue weighted by atomic mass is 79.9. The van der Waals surface area contributed by atoms with E-state index in [9.17, 15) is 4.79 Å². The minimum atomic E-state index is -0.543. The molecule has 4 heteroatoms. The number of benzene rings is 2. The van der Waals surface area contributed by atoms with Crippen LogP contribution >= 0.6 is 15.9 Å². The zero-order valence-electron chi connectivity index (χ0n) is 12.2. The highest BCUT2D eigenvalue weighted by Gasteiger charge is 2.17. The maximum Gasteiger partial charge on any atom is 0.202 e. The Balaban J connectivity index is 2.09. The number of hydrogen-bond acceptors (Lipinski definition) is 3. The summed E-state index contributed by atoms with van der Waals surface area (Å²) in [6.45, 7) is 3.73. The zero-order chi connectivity index (χ0) is 15.4. The Labute approximate surface area is 133 Å². The van der Waals surface area contributed by atoms with E-state index in [1.165, 1.54) is 0 Å². The quantitative estimate of drug-likeness (QED) is 0.750. The molecule has 0 N–H and O–H groups in total. The van der Waals surface area contributed by atoms with Crippen molar-refractivity contribution < 1.29 is 14.3 Å². The lowest BCUT2D eigenvalue weighted by Crippen LogP contribution is -2.23. The van der Waals surface area contributed by atoms with Gasteiger partial charge in [0.1, 0.15) is 11.5 Å². The molecule has 2 aromatic rings. The van der Waals surface area contributed by atoms with Crippen molar-refractivity contribution in [3.05, 3.63) is 58.1 Å². The fourth-order valence-corrected chi connectivity index (χ4v) is 2.18. The molecule has 3 nitrogen and oxygen atoms in total. The van der Waals surface area contributed by atoms with Crippen LogP contribution in [0.1, 0.15) is 22.8 Å². The lowest BCUT2D eigenvalue weighted by molar-refractivity contribution is 0.0818. The minimum absolute atomic E-state index is 0.0572. The maximum absolute atomic E-state index is 12.3. The van der Waals surface area contributed by atoms with Gasteiger partial charge in [-0.05, 0) is 61.9 Å². The van der Waals surface area contributed by atoms with Crippen LogP contribution in [0.3, 0.4) is 0 Å². The van der Waals surface area contributed by atoms with E-state index in [1.54, 1.807) is 38.3 Å². The van der Waals surface area contributed by atoms with E-state index in [2.05, 4.69) is 15.9 Å². The summed E-state index contributed by atoms with van der Waals surface area (Å²) in [6.07, 6.45) is -0.543. The number of ether oxygens (including phenoxy) is 2. The SMILES string of the molecule is COc1ccc(C(=O)C(C)Oc2ccc(Br)c(C)c2)cc1. The first-order chi connectivity index (χ1) is 10.0. The van der Waals surface area contributed by atoms with Crippen LogP contribution in [-0.4, -0.2) is 19.0 Å². The van der Waals surface area contributed by atoms with Gasteiger partial charge >= 0.3 is 0 Å². The smallest absolute Gasteiger partial charge is 0.202 e. The Morgan fingerprint density at radius 1 is 1.10 bits per heavy atom. The number of methoxy groups -OCH3 is 1. The third kappa shape index (κ3) is 3.85. The topological polar surface area (TPSA) is 35.5 Å². The van der Waals surface area contributed by atoms with Gasteiger partial charge in [-0.15, -0.1) is 0 Å². The molecule has 110 valence electrons. The third-order valence-electron chi connectivity index (χ3n) is 3.19. The highest BCUT2D eigenvalue weighted by Crippen LogP contribution is 2.23. The first-order valence-electron chi connectivity index (χ1n) is 6.62. The van der Waals surface area contributed by atoms with Crippen LogP contribution in [0.5, 0.6) is 11.5 Å². The fourth-order valence-electron chi connectivity index (χ4n) is 1.94. The second-order valence-corrected chi connectivity index (χ2v) is 5.62. The molecule has 0 heterocycles. The number of halogens is 1. The molecule has 1 unspecified atom stereocenters. The predicted octanol–water partition coefficient (Wildman–Crippen LogP) is 4.42. The van der Waals surface area contributed by atoms with Gasteiger partial charge in [-0.1, -0.05) is 15.9 Å². The van der Waals surface area contributed by atoms with E-state index in [-0.39, 0.29) is 5.78 Å². The normalized spacial score (nSPS) is 11.8. The van der Waals surface area contributed by atoms with Gasteiger partial charge in [0.2, 0.25) is 5.78 Å². The van der Waals surface area contributed by atoms with E-state index in [4.69, 9.17) is 9.47 Å². The summed E-state index contributed by atoms with van der Waals surface area (Å²) in [6, 6.07) is 12.7. The largest absolute Gasteiger partial charge is 0.497 e. The molecule has 0 fully saturated rings. The van der Waals surface area contributed by atoms with Gasteiger partial charge in [0.15, 0.2) is 6.10 Å². The molecule has 2 rings (SSSR count). The minimum Gasteiger partial charge on any atom is -0.497 e. The van der Waals surface area contributed by atoms with Crippen LogP contribution in [0.4, 0.5) is 0 Å². The Kier molecular flexibility index (Phi) is 5.02. The van der Waals surface area contributed by atoms with Crippen molar-refractivity contribution in [1.82, 2.24) is 0 Å². The fraction of sp³-hybridized carbons (Fsp3) is 0.235. The number of hydrogen-bond donors (Lipinski definition) is 0. The summed E-state index contributed by atoms with van der Waals surface area (Å²) in [5, 5.41) is 0. The van der Waals surface area contributed by atoms with Crippen LogP contribution in [0.25, 0.3) is 0 Å². The first kappa shape index (κ1) is 15.6. The molecule has 1 atom stereocenters. The Morgan fingerprint density at radius 2 is 1.71 bits per heavy atom. The van der Waals surface area contributed by atoms with Gasteiger partial charge in [0.25, 0.3) is 0 Å². The molecule has 0 aromatic heterocycles. The van der Waals surface area contributed by atoms with Gasteiger partial charge in [-0.2, -0.15) is 0 Å². The monoisotopic (exact) mass is 348 g/mol. The zero-order valence-corrected chi connectivity index (χ0v) is 13.8. The average molecular weight is 349 g/mol. The Bertz CT molecular complexity index is 635. The number of rotatable bonds is 5. The summed E-state index contributed by atoms with van der Waals surface area (Å²) in [7, 11) is 1.60. The maximum atomic E-state index is 12.3. The molecule has 0 amide bonds. The Hall–Kier alpha value is -1.81. The molecule has 0 saturated carbocycles. The number of ketones is 1. The van der Waals surface area contributed by atoms with Gasteiger partial charge < -0.3 is 9.47 Å². The van der Waals surface area contributed by atoms with E-state index in [0.717, 1.165) is 15.8 Å². The summed E-state index contributed by atoms with van der Waals surface area (Å²) < 4.78 is 11.8. The number of carbonyl (C=O) groups excluding carboxylic acids is 1. The molecule has 0 saturated heterocycles. The van der Waals surface area contributed by atoms with Crippen LogP contribution in [0, 0.1) is 6.92 Å². The van der Waals surface area contributed by atoms with Crippen LogP contribution < -0.4 is 9.47 Å². The molecule has 0 aliphatic heterocycles. The molecule has 2 aromatic carbocycles. The van der Waals surface area contributed by atoms with Crippen molar-refractivity contribution in [3.63, 3.8) is 0 Å². The number of aryl methyl sites for hydroxylation is 1. The molecule has 0 aliphatic carbocycles. The second kappa shape index (κ2) is 6.76. The molecule has 0 bridgehead atoms. The summed E-state index contributed by atoms with van der Waals surface area (Å²) in [5.74, 6) is 1.35. The highest BCUT2D eigenvalue weighted by molar-refractivity contribution is 9.10. The van der Waals surface area contributed by atoms with Crippen LogP contribution in [0.2, 0.25) is 0 Å². The van der Waals surface area contributed by atoms with Crippen LogP contribution in [-0.2, 0) is 0 Å². The van der Waals surface area contributed by atoms with Crippen molar-refractivity contribution in [3.8, 4) is 11.5 Å². The molecular formula is C17H17BrO3. The standard InChI is InChI=1S/C17H17BrO3/c1-11-10-15(8-9-16(11)18)21-12(2)17(19)13-4-6-14(20-3)7-5-13/h4-10,12H,1-3H3. The van der Waals surface area contributed by atoms with E-state index < -0.39 is 6.10 Å². The van der Waals surface area contributed by atoms with Crippen LogP contribution in [0.15, 0.2) is 46.9 Å². The summed E-state index contributed by atoms with van der Waals surface area (Å²) in [5.41, 5.74) is 1.67. The van der Waals surface area contributed by atoms with Crippen molar-refractivity contribution in [2.75, 3.05) is 7.11 Å². The summed E-state index contributed by atoms with van der Waals surface area (Å²) in [4.78, 5) is 12.3. The van der Waals surface area contributed by atoms with Crippen molar-refractivity contribution >= 4 is 21.7 Å². The van der Waals surface area contributed by atoms with Crippen molar-refractivity contribution in [1.29, 1.82) is 0 Å². The van der Waals surface area contributed by atoms with E-state index >= 15 is 0 Å². The lowest BCUT2D eigenvalue weighted by atomic mass is 10.1. The molecule has 0 spiro atoms. The lowest BCUT2D eigenvalue weighted by Gasteiger charge is -2.14. The van der Waals surface area contributed by atoms with Gasteiger partial charge in [-0.25, -0.2) is 0 Å². The molecular weight excluding hydrogens is 332 g/mol. The number of Topliss-reactive ketones (excluding diaryl/α,β-unsaturated/α-hetero) is 1. The predicted molar refractivity (Wildman–Crippen MR) is 86.3 cm³/mol. The summed E-state index contributed by atoms with van der Waals surface area (Å²) >= 11 is 3.44. The molecule has 21 heavy (non-hydrogen) atoms. The van der Waals surface area contributed by atoms with Gasteiger partial charge in [0.05, 0.1) is 7.11 Å². The first-order valence-corrected chi connectivity index (χ1v) is 7.41. The van der Waals surface area contributed by atoms with Gasteiger partial charge in [0, 0.05) is 10.0 Å². The molecule has 0 aliphatic rings.